The number of ether oxygens (including phenoxy) is 1. The second-order valence-corrected chi connectivity index (χ2v) is 5.71. The number of benzene rings is 2. The molecule has 3 nitrogen and oxygen atoms in total. The zero-order chi connectivity index (χ0) is 16.6. The fourth-order valence-corrected chi connectivity index (χ4v) is 3.06. The minimum Gasteiger partial charge on any atom is -0.485 e. The van der Waals surface area contributed by atoms with E-state index in [9.17, 15) is 13.6 Å². The van der Waals surface area contributed by atoms with Gasteiger partial charge in [-0.2, -0.15) is 0 Å². The van der Waals surface area contributed by atoms with E-state index in [1.165, 1.54) is 13.0 Å². The van der Waals surface area contributed by atoms with Crippen LogP contribution in [0.2, 0.25) is 0 Å². The molecular weight excluding hydrogens is 300 g/mol. The molecule has 0 bridgehead atoms. The number of para-hydroxylation sites is 1. The van der Waals surface area contributed by atoms with Crippen molar-refractivity contribution in [2.45, 2.75) is 32.4 Å². The average Bonchev–Trinajstić information content (AvgIpc) is 2.50. The van der Waals surface area contributed by atoms with Crippen molar-refractivity contribution in [1.82, 2.24) is 0 Å². The zero-order valence-corrected chi connectivity index (χ0v) is 12.9. The van der Waals surface area contributed by atoms with E-state index in [4.69, 9.17) is 4.74 Å². The third kappa shape index (κ3) is 2.91. The van der Waals surface area contributed by atoms with E-state index >= 15 is 0 Å². The molecule has 0 spiro atoms. The molecule has 23 heavy (non-hydrogen) atoms. The molecule has 1 aliphatic heterocycles. The molecule has 2 atom stereocenters. The zero-order valence-electron chi connectivity index (χ0n) is 12.9. The number of carbonyl (C=O) groups excluding carboxylic acids is 1. The Morgan fingerprint density at radius 2 is 1.91 bits per heavy atom. The summed E-state index contributed by atoms with van der Waals surface area (Å²) in [5.41, 5.74) is 1.66. The van der Waals surface area contributed by atoms with E-state index in [0.717, 1.165) is 23.4 Å². The largest absolute Gasteiger partial charge is 0.485 e. The number of fused-ring (bicyclic) bond motifs is 1. The molecule has 2 aromatic rings. The number of carbonyl (C=O) groups is 1. The van der Waals surface area contributed by atoms with Gasteiger partial charge in [-0.3, -0.25) is 4.79 Å². The van der Waals surface area contributed by atoms with Crippen molar-refractivity contribution in [1.29, 1.82) is 0 Å². The molecule has 1 aliphatic rings. The molecular formula is C18H17F2NO2. The minimum atomic E-state index is -0.940. The maximum absolute atomic E-state index is 13.4. The van der Waals surface area contributed by atoms with Crippen molar-refractivity contribution >= 4 is 11.6 Å². The predicted molar refractivity (Wildman–Crippen MR) is 83.4 cm³/mol. The third-order valence-electron chi connectivity index (χ3n) is 4.05. The maximum Gasteiger partial charge on any atom is 0.224 e. The lowest BCUT2D eigenvalue weighted by molar-refractivity contribution is -0.117. The summed E-state index contributed by atoms with van der Waals surface area (Å²) in [6, 6.07) is 10.9. The van der Waals surface area contributed by atoms with Crippen LogP contribution in [0, 0.1) is 11.6 Å². The Morgan fingerprint density at radius 1 is 1.17 bits per heavy atom. The molecule has 0 fully saturated rings. The Hall–Kier alpha value is -2.43. The Labute approximate surface area is 133 Å². The van der Waals surface area contributed by atoms with Crippen molar-refractivity contribution < 1.29 is 18.3 Å². The van der Waals surface area contributed by atoms with E-state index in [-0.39, 0.29) is 23.8 Å². The minimum absolute atomic E-state index is 0.0313. The second kappa shape index (κ2) is 5.99. The Kier molecular flexibility index (Phi) is 4.03. The number of hydrogen-bond donors (Lipinski definition) is 0. The maximum atomic E-state index is 13.4. The molecule has 3 rings (SSSR count). The second-order valence-electron chi connectivity index (χ2n) is 5.71. The van der Waals surface area contributed by atoms with E-state index < -0.39 is 11.6 Å². The molecule has 120 valence electrons. The molecule has 0 saturated carbocycles. The normalized spacial score (nSPS) is 20.1. The van der Waals surface area contributed by atoms with Crippen LogP contribution in [0.4, 0.5) is 14.5 Å². The van der Waals surface area contributed by atoms with Crippen LogP contribution in [0.25, 0.3) is 0 Å². The summed E-state index contributed by atoms with van der Waals surface area (Å²) >= 11 is 0. The van der Waals surface area contributed by atoms with Gasteiger partial charge in [0.2, 0.25) is 5.91 Å². The van der Waals surface area contributed by atoms with Crippen molar-refractivity contribution in [2.75, 3.05) is 4.90 Å². The highest BCUT2D eigenvalue weighted by Gasteiger charge is 2.33. The molecule has 1 amide bonds. The van der Waals surface area contributed by atoms with E-state index in [0.29, 0.717) is 6.42 Å². The topological polar surface area (TPSA) is 29.5 Å². The molecule has 0 saturated heterocycles. The van der Waals surface area contributed by atoms with Gasteiger partial charge < -0.3 is 9.64 Å². The standard InChI is InChI=1S/C18H17F2NO2/c1-11-9-18(23-13-7-8-15(19)16(20)10-13)14-5-3-4-6-17(14)21(11)12(2)22/h3-8,10-11,18H,9H2,1-2H3. The molecule has 0 aromatic heterocycles. The summed E-state index contributed by atoms with van der Waals surface area (Å²) < 4.78 is 32.3. The highest BCUT2D eigenvalue weighted by molar-refractivity contribution is 5.93. The first-order chi connectivity index (χ1) is 11.0. The van der Waals surface area contributed by atoms with E-state index in [2.05, 4.69) is 0 Å². The lowest BCUT2D eigenvalue weighted by Crippen LogP contribution is -2.42. The van der Waals surface area contributed by atoms with Gasteiger partial charge in [0.15, 0.2) is 11.6 Å². The van der Waals surface area contributed by atoms with Gasteiger partial charge in [-0.25, -0.2) is 8.78 Å². The highest BCUT2D eigenvalue weighted by Crippen LogP contribution is 2.39. The number of halogens is 2. The van der Waals surface area contributed by atoms with Crippen molar-refractivity contribution in [3.8, 4) is 5.75 Å². The van der Waals surface area contributed by atoms with Crippen LogP contribution in [-0.2, 0) is 4.79 Å². The van der Waals surface area contributed by atoms with Crippen LogP contribution in [0.15, 0.2) is 42.5 Å². The van der Waals surface area contributed by atoms with Gasteiger partial charge in [-0.05, 0) is 25.1 Å². The average molecular weight is 317 g/mol. The SMILES string of the molecule is CC(=O)N1c2ccccc2C(Oc2ccc(F)c(F)c2)CC1C. The summed E-state index contributed by atoms with van der Waals surface area (Å²) in [4.78, 5) is 13.6. The van der Waals surface area contributed by atoms with Crippen LogP contribution in [-0.4, -0.2) is 11.9 Å². The monoisotopic (exact) mass is 317 g/mol. The van der Waals surface area contributed by atoms with Crippen LogP contribution in [0.5, 0.6) is 5.75 Å². The number of anilines is 1. The van der Waals surface area contributed by atoms with Gasteiger partial charge in [0, 0.05) is 31.0 Å². The van der Waals surface area contributed by atoms with Gasteiger partial charge in [0.05, 0.1) is 5.69 Å². The Bertz CT molecular complexity index is 748. The first-order valence-electron chi connectivity index (χ1n) is 7.48. The molecule has 2 unspecified atom stereocenters. The van der Waals surface area contributed by atoms with E-state index in [1.807, 2.05) is 31.2 Å². The molecule has 2 aromatic carbocycles. The molecule has 0 radical (unpaired) electrons. The van der Waals surface area contributed by atoms with Crippen molar-refractivity contribution in [2.24, 2.45) is 0 Å². The predicted octanol–water partition coefficient (Wildman–Crippen LogP) is 4.23. The van der Waals surface area contributed by atoms with Crippen LogP contribution >= 0.6 is 0 Å². The molecule has 0 aliphatic carbocycles. The lowest BCUT2D eigenvalue weighted by Gasteiger charge is -2.38. The first kappa shape index (κ1) is 15.5. The van der Waals surface area contributed by atoms with Crippen LogP contribution < -0.4 is 9.64 Å². The van der Waals surface area contributed by atoms with Gasteiger partial charge in [0.1, 0.15) is 11.9 Å². The Balaban J connectivity index is 1.95. The number of nitrogens with zero attached hydrogens (tertiary/aromatic N) is 1. The smallest absolute Gasteiger partial charge is 0.224 e. The van der Waals surface area contributed by atoms with Crippen molar-refractivity contribution in [3.05, 3.63) is 59.7 Å². The van der Waals surface area contributed by atoms with Gasteiger partial charge >= 0.3 is 0 Å². The van der Waals surface area contributed by atoms with Crippen molar-refractivity contribution in [3.63, 3.8) is 0 Å². The number of amides is 1. The molecule has 5 heteroatoms. The van der Waals surface area contributed by atoms with Gasteiger partial charge in [-0.15, -0.1) is 0 Å². The van der Waals surface area contributed by atoms with Gasteiger partial charge in [0.25, 0.3) is 0 Å². The fraction of sp³-hybridized carbons (Fsp3) is 0.278. The lowest BCUT2D eigenvalue weighted by atomic mass is 9.93. The fourth-order valence-electron chi connectivity index (χ4n) is 3.06. The van der Waals surface area contributed by atoms with Crippen LogP contribution in [0.3, 0.4) is 0 Å². The number of hydrogen-bond acceptors (Lipinski definition) is 2. The summed E-state index contributed by atoms with van der Waals surface area (Å²) in [5, 5.41) is 0. The quantitative estimate of drug-likeness (QED) is 0.829. The van der Waals surface area contributed by atoms with Gasteiger partial charge in [-0.1, -0.05) is 18.2 Å². The molecule has 1 heterocycles. The van der Waals surface area contributed by atoms with Crippen LogP contribution in [0.1, 0.15) is 31.9 Å². The molecule has 0 N–H and O–H groups in total. The summed E-state index contributed by atoms with van der Waals surface area (Å²) in [6.45, 7) is 3.47. The third-order valence-corrected chi connectivity index (χ3v) is 4.05. The number of rotatable bonds is 2. The summed E-state index contributed by atoms with van der Waals surface area (Å²) in [5.74, 6) is -1.61. The Morgan fingerprint density at radius 3 is 2.61 bits per heavy atom. The first-order valence-corrected chi connectivity index (χ1v) is 7.48. The summed E-state index contributed by atoms with van der Waals surface area (Å²) in [7, 11) is 0. The highest BCUT2D eigenvalue weighted by atomic mass is 19.2. The van der Waals surface area contributed by atoms with E-state index in [1.54, 1.807) is 4.90 Å². The summed E-state index contributed by atoms with van der Waals surface area (Å²) in [6.07, 6.45) is 0.261.